The molecule has 106 valence electrons. The zero-order valence-corrected chi connectivity index (χ0v) is 13.3. The first kappa shape index (κ1) is 15.0. The molecule has 0 bridgehead atoms. The van der Waals surface area contributed by atoms with Crippen molar-refractivity contribution >= 4 is 15.9 Å². The minimum Gasteiger partial charge on any atom is -0.323 e. The summed E-state index contributed by atoms with van der Waals surface area (Å²) in [5.74, 6) is 0.407. The molecule has 1 unspecified atom stereocenters. The van der Waals surface area contributed by atoms with E-state index in [0.717, 1.165) is 19.3 Å². The van der Waals surface area contributed by atoms with Crippen LogP contribution in [0.15, 0.2) is 22.7 Å². The van der Waals surface area contributed by atoms with Crippen LogP contribution in [0.4, 0.5) is 4.39 Å². The molecule has 0 spiro atoms. The zero-order valence-electron chi connectivity index (χ0n) is 11.8. The van der Waals surface area contributed by atoms with Crippen LogP contribution < -0.4 is 5.73 Å². The molecule has 1 aromatic rings. The maximum Gasteiger partial charge on any atom is 0.142 e. The monoisotopic (exact) mass is 327 g/mol. The molecule has 19 heavy (non-hydrogen) atoms. The summed E-state index contributed by atoms with van der Waals surface area (Å²) in [4.78, 5) is 0. The van der Waals surface area contributed by atoms with Gasteiger partial charge in [-0.2, -0.15) is 0 Å². The lowest BCUT2D eigenvalue weighted by atomic mass is 9.70. The molecule has 1 saturated carbocycles. The number of nitrogens with two attached hydrogens (primary N) is 1. The molecule has 3 heteroatoms. The van der Waals surface area contributed by atoms with Gasteiger partial charge in [0.25, 0.3) is 0 Å². The van der Waals surface area contributed by atoms with Crippen molar-refractivity contribution < 1.29 is 4.39 Å². The largest absolute Gasteiger partial charge is 0.323 e. The van der Waals surface area contributed by atoms with E-state index in [1.807, 2.05) is 12.1 Å². The van der Waals surface area contributed by atoms with Crippen LogP contribution in [0.2, 0.25) is 0 Å². The first-order chi connectivity index (χ1) is 8.96. The van der Waals surface area contributed by atoms with Gasteiger partial charge in [-0.3, -0.25) is 0 Å². The van der Waals surface area contributed by atoms with E-state index >= 15 is 0 Å². The first-order valence-corrected chi connectivity index (χ1v) is 7.95. The molecule has 0 saturated heterocycles. The van der Waals surface area contributed by atoms with Crippen molar-refractivity contribution in [2.45, 2.75) is 52.0 Å². The Bertz CT molecular complexity index is 438. The third-order valence-corrected chi connectivity index (χ3v) is 5.00. The van der Waals surface area contributed by atoms with Gasteiger partial charge in [0.2, 0.25) is 0 Å². The lowest BCUT2D eigenvalue weighted by Crippen LogP contribution is -2.34. The highest BCUT2D eigenvalue weighted by atomic mass is 79.9. The van der Waals surface area contributed by atoms with Gasteiger partial charge in [-0.15, -0.1) is 0 Å². The smallest absolute Gasteiger partial charge is 0.142 e. The highest BCUT2D eigenvalue weighted by molar-refractivity contribution is 9.10. The van der Waals surface area contributed by atoms with E-state index in [-0.39, 0.29) is 17.3 Å². The third kappa shape index (κ3) is 3.03. The topological polar surface area (TPSA) is 26.0 Å². The summed E-state index contributed by atoms with van der Waals surface area (Å²) in [6.07, 6.45) is 5.77. The average Bonchev–Trinajstić information content (AvgIpc) is 2.80. The molecular formula is C16H23BrFN. The maximum atomic E-state index is 14.3. The molecule has 1 fully saturated rings. The minimum absolute atomic E-state index is 0.0792. The summed E-state index contributed by atoms with van der Waals surface area (Å²) in [6, 6.07) is 5.25. The van der Waals surface area contributed by atoms with Crippen molar-refractivity contribution in [2.24, 2.45) is 17.1 Å². The Kier molecular flexibility index (Phi) is 4.67. The van der Waals surface area contributed by atoms with Gasteiger partial charge < -0.3 is 5.73 Å². The zero-order chi connectivity index (χ0) is 14.0. The molecule has 0 aromatic heterocycles. The number of rotatable bonds is 4. The summed E-state index contributed by atoms with van der Waals surface area (Å²) < 4.78 is 14.8. The predicted molar refractivity (Wildman–Crippen MR) is 81.4 cm³/mol. The normalized spacial score (nSPS) is 19.9. The molecule has 1 aromatic carbocycles. The fraction of sp³-hybridized carbons (Fsp3) is 0.625. The predicted octanol–water partition coefficient (Wildman–Crippen LogP) is 5.19. The second-order valence-corrected chi connectivity index (χ2v) is 7.14. The minimum atomic E-state index is -0.199. The summed E-state index contributed by atoms with van der Waals surface area (Å²) in [5.41, 5.74) is 7.24. The average molecular weight is 328 g/mol. The molecule has 1 atom stereocenters. The van der Waals surface area contributed by atoms with Gasteiger partial charge in [-0.1, -0.05) is 38.8 Å². The van der Waals surface area contributed by atoms with Gasteiger partial charge in [0.1, 0.15) is 5.82 Å². The second-order valence-electron chi connectivity index (χ2n) is 6.29. The Hall–Kier alpha value is -0.410. The number of halogens is 2. The van der Waals surface area contributed by atoms with Crippen molar-refractivity contribution in [3.8, 4) is 0 Å². The molecule has 0 heterocycles. The number of hydrogen-bond donors (Lipinski definition) is 1. The molecule has 1 aliphatic rings. The summed E-state index contributed by atoms with van der Waals surface area (Å²) in [7, 11) is 0. The van der Waals surface area contributed by atoms with Crippen LogP contribution in [0.3, 0.4) is 0 Å². The van der Waals surface area contributed by atoms with E-state index in [2.05, 4.69) is 29.8 Å². The highest BCUT2D eigenvalue weighted by Crippen LogP contribution is 2.51. The molecule has 2 rings (SSSR count). The van der Waals surface area contributed by atoms with Crippen molar-refractivity contribution in [1.29, 1.82) is 0 Å². The highest BCUT2D eigenvalue weighted by Gasteiger charge is 2.41. The van der Waals surface area contributed by atoms with Crippen LogP contribution >= 0.6 is 15.9 Å². The van der Waals surface area contributed by atoms with Crippen molar-refractivity contribution in [3.63, 3.8) is 0 Å². The molecule has 0 amide bonds. The molecule has 1 nitrogen and oxygen atoms in total. The fourth-order valence-electron chi connectivity index (χ4n) is 3.62. The molecular weight excluding hydrogens is 305 g/mol. The Balaban J connectivity index is 2.34. The quantitative estimate of drug-likeness (QED) is 0.808. The molecule has 1 aliphatic carbocycles. The van der Waals surface area contributed by atoms with Crippen LogP contribution in [-0.4, -0.2) is 0 Å². The number of benzene rings is 1. The van der Waals surface area contributed by atoms with Crippen LogP contribution in [0, 0.1) is 17.2 Å². The SMILES string of the molecule is CC(C)CC1(C(N)c2cccc(Br)c2F)CCCC1. The van der Waals surface area contributed by atoms with E-state index in [9.17, 15) is 4.39 Å². The van der Waals surface area contributed by atoms with Crippen LogP contribution in [0.5, 0.6) is 0 Å². The van der Waals surface area contributed by atoms with Gasteiger partial charge in [0.05, 0.1) is 4.47 Å². The van der Waals surface area contributed by atoms with Gasteiger partial charge in [0, 0.05) is 11.6 Å². The lowest BCUT2D eigenvalue weighted by Gasteiger charge is -2.37. The van der Waals surface area contributed by atoms with E-state index in [0.29, 0.717) is 16.0 Å². The Morgan fingerprint density at radius 1 is 1.32 bits per heavy atom. The van der Waals surface area contributed by atoms with Gasteiger partial charge >= 0.3 is 0 Å². The van der Waals surface area contributed by atoms with Gasteiger partial charge in [-0.05, 0) is 52.6 Å². The van der Waals surface area contributed by atoms with Gasteiger partial charge in [0.15, 0.2) is 0 Å². The van der Waals surface area contributed by atoms with Gasteiger partial charge in [-0.25, -0.2) is 4.39 Å². The third-order valence-electron chi connectivity index (χ3n) is 4.39. The Morgan fingerprint density at radius 2 is 1.95 bits per heavy atom. The van der Waals surface area contributed by atoms with E-state index in [1.54, 1.807) is 6.07 Å². The van der Waals surface area contributed by atoms with Crippen molar-refractivity contribution in [1.82, 2.24) is 0 Å². The second kappa shape index (κ2) is 5.92. The van der Waals surface area contributed by atoms with Crippen LogP contribution in [-0.2, 0) is 0 Å². The standard InChI is InChI=1S/C16H23BrFN/c1-11(2)10-16(8-3-4-9-16)15(19)12-6-5-7-13(17)14(12)18/h5-7,11,15H,3-4,8-10,19H2,1-2H3. The van der Waals surface area contributed by atoms with Crippen LogP contribution in [0.1, 0.15) is 57.6 Å². The molecule has 2 N–H and O–H groups in total. The van der Waals surface area contributed by atoms with E-state index in [4.69, 9.17) is 5.73 Å². The summed E-state index contributed by atoms with van der Waals surface area (Å²) >= 11 is 3.26. The number of hydrogen-bond acceptors (Lipinski definition) is 1. The Morgan fingerprint density at radius 3 is 2.53 bits per heavy atom. The van der Waals surface area contributed by atoms with E-state index < -0.39 is 0 Å². The first-order valence-electron chi connectivity index (χ1n) is 7.16. The molecule has 0 aliphatic heterocycles. The lowest BCUT2D eigenvalue weighted by molar-refractivity contribution is 0.180. The fourth-order valence-corrected chi connectivity index (χ4v) is 4.01. The summed E-state index contributed by atoms with van der Waals surface area (Å²) in [5, 5.41) is 0. The van der Waals surface area contributed by atoms with Crippen molar-refractivity contribution in [3.05, 3.63) is 34.1 Å². The van der Waals surface area contributed by atoms with Crippen molar-refractivity contribution in [2.75, 3.05) is 0 Å². The van der Waals surface area contributed by atoms with Crippen LogP contribution in [0.25, 0.3) is 0 Å². The maximum absolute atomic E-state index is 14.3. The molecule has 0 radical (unpaired) electrons. The van der Waals surface area contributed by atoms with E-state index in [1.165, 1.54) is 12.8 Å². The summed E-state index contributed by atoms with van der Waals surface area (Å²) in [6.45, 7) is 4.45. The Labute approximate surface area is 123 Å².